The van der Waals surface area contributed by atoms with Crippen LogP contribution in [0, 0.1) is 0 Å². The van der Waals surface area contributed by atoms with Gasteiger partial charge in [-0.05, 0) is 29.8 Å². The monoisotopic (exact) mass is 259 g/mol. The molecular formula is C15H14ClNO. The first-order chi connectivity index (χ1) is 8.79. The summed E-state index contributed by atoms with van der Waals surface area (Å²) in [5.41, 5.74) is 2.04. The number of nitrogens with zero attached hydrogens (tertiary/aromatic N) is 1. The zero-order valence-corrected chi connectivity index (χ0v) is 10.9. The van der Waals surface area contributed by atoms with Crippen LogP contribution < -0.4 is 4.74 Å². The summed E-state index contributed by atoms with van der Waals surface area (Å²) in [6, 6.07) is 17.6. The quantitative estimate of drug-likeness (QED) is 0.764. The second-order valence-electron chi connectivity index (χ2n) is 3.82. The van der Waals surface area contributed by atoms with Gasteiger partial charge in [0.25, 0.3) is 0 Å². The van der Waals surface area contributed by atoms with Crippen LogP contribution in [0.25, 0.3) is 0 Å². The molecule has 0 aromatic heterocycles. The maximum Gasteiger partial charge on any atom is 0.131 e. The lowest BCUT2D eigenvalue weighted by molar-refractivity contribution is 0.415. The van der Waals surface area contributed by atoms with Crippen molar-refractivity contribution >= 4 is 16.8 Å². The third-order valence-electron chi connectivity index (χ3n) is 2.57. The predicted molar refractivity (Wildman–Crippen MR) is 75.5 cm³/mol. The van der Waals surface area contributed by atoms with E-state index >= 15 is 0 Å². The van der Waals surface area contributed by atoms with Gasteiger partial charge in [0.05, 0.1) is 13.7 Å². The standard InChI is InChI=1S/C15H14ClNO/c1-18-14-9-7-13(8-10-14)15(16)17-11-12-5-3-2-4-6-12/h2-10H,11H2,1H3. The first-order valence-electron chi connectivity index (χ1n) is 5.68. The summed E-state index contributed by atoms with van der Waals surface area (Å²) in [6.45, 7) is 0.589. The van der Waals surface area contributed by atoms with E-state index < -0.39 is 0 Å². The van der Waals surface area contributed by atoms with Crippen LogP contribution in [0.3, 0.4) is 0 Å². The van der Waals surface area contributed by atoms with Crippen LogP contribution >= 0.6 is 11.6 Å². The highest BCUT2D eigenvalue weighted by molar-refractivity contribution is 6.69. The van der Waals surface area contributed by atoms with E-state index in [0.717, 1.165) is 16.9 Å². The number of benzene rings is 2. The Morgan fingerprint density at radius 3 is 2.33 bits per heavy atom. The zero-order valence-electron chi connectivity index (χ0n) is 10.1. The molecule has 0 atom stereocenters. The molecule has 0 N–H and O–H groups in total. The minimum Gasteiger partial charge on any atom is -0.497 e. The Hall–Kier alpha value is -1.80. The maximum absolute atomic E-state index is 6.16. The van der Waals surface area contributed by atoms with E-state index in [0.29, 0.717) is 11.7 Å². The molecule has 2 aromatic rings. The fourth-order valence-electron chi connectivity index (χ4n) is 1.56. The molecule has 0 saturated heterocycles. The van der Waals surface area contributed by atoms with E-state index in [1.54, 1.807) is 7.11 Å². The molecule has 0 aliphatic rings. The third kappa shape index (κ3) is 3.34. The largest absolute Gasteiger partial charge is 0.497 e. The van der Waals surface area contributed by atoms with Crippen molar-refractivity contribution in [2.75, 3.05) is 7.11 Å². The van der Waals surface area contributed by atoms with Gasteiger partial charge < -0.3 is 4.74 Å². The number of hydrogen-bond acceptors (Lipinski definition) is 2. The van der Waals surface area contributed by atoms with Gasteiger partial charge in [0, 0.05) is 5.56 Å². The van der Waals surface area contributed by atoms with Crippen LogP contribution in [0.15, 0.2) is 59.6 Å². The third-order valence-corrected chi connectivity index (χ3v) is 2.91. The molecule has 0 aliphatic heterocycles. The topological polar surface area (TPSA) is 21.6 Å². The number of aliphatic imine (C=N–C) groups is 1. The summed E-state index contributed by atoms with van der Waals surface area (Å²) in [5.74, 6) is 0.811. The summed E-state index contributed by atoms with van der Waals surface area (Å²) < 4.78 is 5.10. The van der Waals surface area contributed by atoms with E-state index in [1.165, 1.54) is 0 Å². The van der Waals surface area contributed by atoms with Gasteiger partial charge >= 0.3 is 0 Å². The molecule has 2 aromatic carbocycles. The number of ether oxygens (including phenoxy) is 1. The van der Waals surface area contributed by atoms with Gasteiger partial charge in [0.1, 0.15) is 10.9 Å². The normalized spacial score (nSPS) is 11.3. The molecule has 2 nitrogen and oxygen atoms in total. The van der Waals surface area contributed by atoms with Gasteiger partial charge in [0.2, 0.25) is 0 Å². The number of hydrogen-bond donors (Lipinski definition) is 0. The maximum atomic E-state index is 6.16. The Bertz CT molecular complexity index is 520. The Labute approximate surface area is 112 Å². The van der Waals surface area contributed by atoms with Gasteiger partial charge in [0.15, 0.2) is 0 Å². The summed E-state index contributed by atoms with van der Waals surface area (Å²) >= 11 is 6.16. The van der Waals surface area contributed by atoms with Crippen molar-refractivity contribution < 1.29 is 4.74 Å². The zero-order chi connectivity index (χ0) is 12.8. The van der Waals surface area contributed by atoms with Crippen LogP contribution in [-0.4, -0.2) is 12.3 Å². The molecule has 0 bridgehead atoms. The van der Waals surface area contributed by atoms with Gasteiger partial charge in [-0.15, -0.1) is 0 Å². The average Bonchev–Trinajstić information content (AvgIpc) is 2.46. The first kappa shape index (κ1) is 12.7. The number of halogens is 1. The second-order valence-corrected chi connectivity index (χ2v) is 4.18. The van der Waals surface area contributed by atoms with Crippen LogP contribution in [-0.2, 0) is 6.54 Å². The Balaban J connectivity index is 2.08. The smallest absolute Gasteiger partial charge is 0.131 e. The highest BCUT2D eigenvalue weighted by Gasteiger charge is 2.00. The van der Waals surface area contributed by atoms with Gasteiger partial charge in [-0.3, -0.25) is 4.99 Å². The lowest BCUT2D eigenvalue weighted by atomic mass is 10.2. The van der Waals surface area contributed by atoms with E-state index in [1.807, 2.05) is 54.6 Å². The van der Waals surface area contributed by atoms with Crippen molar-refractivity contribution in [2.24, 2.45) is 4.99 Å². The lowest BCUT2D eigenvalue weighted by Gasteiger charge is -2.02. The summed E-state index contributed by atoms with van der Waals surface area (Å²) in [7, 11) is 1.64. The molecule has 0 aliphatic carbocycles. The highest BCUT2D eigenvalue weighted by atomic mass is 35.5. The minimum absolute atomic E-state index is 0.515. The highest BCUT2D eigenvalue weighted by Crippen LogP contribution is 2.14. The molecule has 0 fully saturated rings. The Kier molecular flexibility index (Phi) is 4.37. The Morgan fingerprint density at radius 1 is 1.06 bits per heavy atom. The second kappa shape index (κ2) is 6.22. The number of rotatable bonds is 4. The summed E-state index contributed by atoms with van der Waals surface area (Å²) in [4.78, 5) is 4.36. The molecule has 0 unspecified atom stereocenters. The molecule has 2 rings (SSSR count). The molecule has 0 radical (unpaired) electrons. The number of methoxy groups -OCH3 is 1. The van der Waals surface area contributed by atoms with Crippen molar-refractivity contribution in [3.8, 4) is 5.75 Å². The van der Waals surface area contributed by atoms with Gasteiger partial charge in [-0.25, -0.2) is 0 Å². The van der Waals surface area contributed by atoms with Gasteiger partial charge in [-0.1, -0.05) is 41.9 Å². The molecule has 0 spiro atoms. The summed E-state index contributed by atoms with van der Waals surface area (Å²) in [5, 5.41) is 0.515. The molecule has 0 heterocycles. The SMILES string of the molecule is COc1ccc(C(Cl)=NCc2ccccc2)cc1. The van der Waals surface area contributed by atoms with Crippen LogP contribution in [0.4, 0.5) is 0 Å². The van der Waals surface area contributed by atoms with Gasteiger partial charge in [-0.2, -0.15) is 0 Å². The van der Waals surface area contributed by atoms with Crippen molar-refractivity contribution in [2.45, 2.75) is 6.54 Å². The molecular weight excluding hydrogens is 246 g/mol. The van der Waals surface area contributed by atoms with E-state index in [-0.39, 0.29) is 0 Å². The van der Waals surface area contributed by atoms with Crippen LogP contribution in [0.1, 0.15) is 11.1 Å². The van der Waals surface area contributed by atoms with E-state index in [9.17, 15) is 0 Å². The van der Waals surface area contributed by atoms with Crippen molar-refractivity contribution in [1.29, 1.82) is 0 Å². The van der Waals surface area contributed by atoms with Crippen molar-refractivity contribution in [3.63, 3.8) is 0 Å². The fraction of sp³-hybridized carbons (Fsp3) is 0.133. The van der Waals surface area contributed by atoms with E-state index in [4.69, 9.17) is 16.3 Å². The fourth-order valence-corrected chi connectivity index (χ4v) is 1.75. The van der Waals surface area contributed by atoms with Crippen molar-refractivity contribution in [1.82, 2.24) is 0 Å². The van der Waals surface area contributed by atoms with Crippen molar-refractivity contribution in [3.05, 3.63) is 65.7 Å². The first-order valence-corrected chi connectivity index (χ1v) is 6.05. The average molecular weight is 260 g/mol. The molecule has 18 heavy (non-hydrogen) atoms. The lowest BCUT2D eigenvalue weighted by Crippen LogP contribution is -1.93. The molecule has 92 valence electrons. The Morgan fingerprint density at radius 2 is 1.72 bits per heavy atom. The van der Waals surface area contributed by atoms with E-state index in [2.05, 4.69) is 4.99 Å². The minimum atomic E-state index is 0.515. The van der Waals surface area contributed by atoms with Crippen LogP contribution in [0.5, 0.6) is 5.75 Å². The molecule has 3 heteroatoms. The molecule has 0 amide bonds. The van der Waals surface area contributed by atoms with Crippen LogP contribution in [0.2, 0.25) is 0 Å². The summed E-state index contributed by atoms with van der Waals surface area (Å²) in [6.07, 6.45) is 0. The predicted octanol–water partition coefficient (Wildman–Crippen LogP) is 3.88. The molecule has 0 saturated carbocycles.